The average molecular weight is 500 g/mol. The molecule has 0 aliphatic carbocycles. The second kappa shape index (κ2) is 9.59. The van der Waals surface area contributed by atoms with Gasteiger partial charge in [0, 0.05) is 0 Å². The summed E-state index contributed by atoms with van der Waals surface area (Å²) in [5.74, 6) is 0. The molecule has 38 heavy (non-hydrogen) atoms. The molecule has 0 aromatic heterocycles. The molecule has 0 saturated carbocycles. The van der Waals surface area contributed by atoms with Gasteiger partial charge in [0.25, 0.3) is 0 Å². The van der Waals surface area contributed by atoms with Gasteiger partial charge in [0.05, 0.1) is 11.2 Å². The number of aryl methyl sites for hydroxylation is 4. The highest BCUT2D eigenvalue weighted by molar-refractivity contribution is 6.62. The molecule has 0 amide bonds. The Morgan fingerprint density at radius 1 is 0.526 bits per heavy atom. The number of rotatable bonds is 4. The molecular weight excluding hydrogens is 462 g/mol. The maximum absolute atomic E-state index is 6.30. The largest absolute Gasteiger partial charge is 0.494 e. The minimum atomic E-state index is -0.343. The van der Waals surface area contributed by atoms with Crippen molar-refractivity contribution < 1.29 is 9.31 Å². The zero-order valence-electron chi connectivity index (χ0n) is 24.3. The molecule has 0 N–H and O–H groups in total. The molecule has 0 bridgehead atoms. The van der Waals surface area contributed by atoms with Gasteiger partial charge in [-0.05, 0) is 116 Å². The van der Waals surface area contributed by atoms with Gasteiger partial charge in [-0.1, -0.05) is 78.3 Å². The lowest BCUT2D eigenvalue weighted by molar-refractivity contribution is 0.00578. The fraction of sp³-hybridized carbons (Fsp3) is 0.294. The van der Waals surface area contributed by atoms with Crippen molar-refractivity contribution in [1.29, 1.82) is 0 Å². The van der Waals surface area contributed by atoms with Crippen LogP contribution in [-0.4, -0.2) is 26.2 Å². The predicted molar refractivity (Wildman–Crippen MR) is 166 cm³/mol. The Hall–Kier alpha value is -3.07. The first-order chi connectivity index (χ1) is 17.9. The molecule has 4 aromatic carbocycles. The van der Waals surface area contributed by atoms with Crippen molar-refractivity contribution >= 4 is 25.9 Å². The second-order valence-corrected chi connectivity index (χ2v) is 12.0. The average Bonchev–Trinajstić information content (AvgIpc) is 3.05. The molecule has 0 radical (unpaired) electrons. The van der Waals surface area contributed by atoms with Gasteiger partial charge in [-0.3, -0.25) is 0 Å². The number of hydrogen-bond acceptors (Lipinski definition) is 2. The summed E-state index contributed by atoms with van der Waals surface area (Å²) < 4.78 is 12.6. The Morgan fingerprint density at radius 2 is 0.842 bits per heavy atom. The summed E-state index contributed by atoms with van der Waals surface area (Å²) >= 11 is 0. The van der Waals surface area contributed by atoms with Gasteiger partial charge in [0.2, 0.25) is 0 Å². The van der Waals surface area contributed by atoms with E-state index in [1.54, 1.807) is 0 Å². The van der Waals surface area contributed by atoms with Crippen LogP contribution in [0, 0.1) is 27.7 Å². The zero-order chi connectivity index (χ0) is 27.4. The van der Waals surface area contributed by atoms with Crippen LogP contribution in [0.3, 0.4) is 0 Å². The maximum Gasteiger partial charge on any atom is 0.494 e. The first-order valence-electron chi connectivity index (χ1n) is 13.6. The molecule has 4 heteroatoms. The molecule has 1 fully saturated rings. The summed E-state index contributed by atoms with van der Waals surface area (Å²) in [4.78, 5) is 0. The molecule has 1 heterocycles. The molecule has 5 rings (SSSR count). The summed E-state index contributed by atoms with van der Waals surface area (Å²) in [6, 6.07) is 26.9. The van der Waals surface area contributed by atoms with E-state index in [4.69, 9.17) is 9.31 Å². The fourth-order valence-corrected chi connectivity index (χ4v) is 5.86. The monoisotopic (exact) mass is 500 g/mol. The van der Waals surface area contributed by atoms with Gasteiger partial charge >= 0.3 is 7.12 Å². The minimum Gasteiger partial charge on any atom is -0.399 e. The van der Waals surface area contributed by atoms with Crippen LogP contribution in [0.15, 0.2) is 72.8 Å². The van der Waals surface area contributed by atoms with E-state index < -0.39 is 0 Å². The quantitative estimate of drug-likeness (QED) is 0.299. The van der Waals surface area contributed by atoms with Crippen molar-refractivity contribution in [2.24, 2.45) is 0 Å². The lowest BCUT2D eigenvalue weighted by atomic mass is 9.76. The van der Waals surface area contributed by atoms with Crippen LogP contribution in [0.25, 0.3) is 33.4 Å². The Balaban J connectivity index is 1.39. The van der Waals surface area contributed by atoms with Gasteiger partial charge in [-0.15, -0.1) is 0 Å². The smallest absolute Gasteiger partial charge is 0.399 e. The van der Waals surface area contributed by atoms with Crippen LogP contribution in [0.5, 0.6) is 0 Å². The van der Waals surface area contributed by atoms with E-state index >= 15 is 0 Å². The second-order valence-electron chi connectivity index (χ2n) is 12.0. The first-order valence-corrected chi connectivity index (χ1v) is 13.6. The molecule has 1 saturated heterocycles. The molecule has 1 aliphatic rings. The van der Waals surface area contributed by atoms with Crippen LogP contribution in [0.1, 0.15) is 49.9 Å². The molecule has 0 unspecified atom stereocenters. The van der Waals surface area contributed by atoms with Gasteiger partial charge in [-0.2, -0.15) is 0 Å². The van der Waals surface area contributed by atoms with Crippen LogP contribution in [0.2, 0.25) is 0 Å². The van der Waals surface area contributed by atoms with Crippen molar-refractivity contribution in [3.8, 4) is 33.4 Å². The number of hydrogen-bond donors (Lipinski definition) is 0. The Bertz CT molecular complexity index is 1440. The van der Waals surface area contributed by atoms with Crippen molar-refractivity contribution in [2.45, 2.75) is 66.6 Å². The van der Waals surface area contributed by atoms with Crippen molar-refractivity contribution in [3.63, 3.8) is 0 Å². The molecule has 192 valence electrons. The van der Waals surface area contributed by atoms with E-state index in [2.05, 4.69) is 136 Å². The van der Waals surface area contributed by atoms with Gasteiger partial charge < -0.3 is 9.31 Å². The molecule has 0 spiro atoms. The molecular formula is C34H38B2O2. The van der Waals surface area contributed by atoms with Gasteiger partial charge in [0.15, 0.2) is 0 Å². The summed E-state index contributed by atoms with van der Waals surface area (Å²) in [6.45, 7) is 17.2. The topological polar surface area (TPSA) is 18.5 Å². The van der Waals surface area contributed by atoms with Gasteiger partial charge in [-0.25, -0.2) is 0 Å². The third-order valence-electron chi connectivity index (χ3n) is 8.44. The summed E-state index contributed by atoms with van der Waals surface area (Å²) in [6.07, 6.45) is 0. The predicted octanol–water partition coefficient (Wildman–Crippen LogP) is 6.48. The van der Waals surface area contributed by atoms with E-state index in [-0.39, 0.29) is 18.3 Å². The third-order valence-corrected chi connectivity index (χ3v) is 8.44. The van der Waals surface area contributed by atoms with Gasteiger partial charge in [0.1, 0.15) is 7.85 Å². The summed E-state index contributed by atoms with van der Waals surface area (Å²) in [7, 11) is 1.82. The zero-order valence-corrected chi connectivity index (χ0v) is 24.3. The highest BCUT2D eigenvalue weighted by Gasteiger charge is 2.51. The van der Waals surface area contributed by atoms with E-state index in [1.165, 1.54) is 61.1 Å². The summed E-state index contributed by atoms with van der Waals surface area (Å²) in [5.41, 5.74) is 14.4. The van der Waals surface area contributed by atoms with Crippen LogP contribution in [-0.2, 0) is 9.31 Å². The van der Waals surface area contributed by atoms with Crippen molar-refractivity contribution in [1.82, 2.24) is 0 Å². The minimum absolute atomic E-state index is 0.343. The van der Waals surface area contributed by atoms with Crippen LogP contribution >= 0.6 is 0 Å². The van der Waals surface area contributed by atoms with Crippen LogP contribution < -0.4 is 10.9 Å². The molecule has 0 atom stereocenters. The standard InChI is InChI=1S/C34H38B2O2/c1-21-17-29(35)18-22(2)31(21)27-13-9-25(10-14-27)26-11-15-28(16-12-26)32-23(3)19-30(20-24(32)4)36-37-33(5,6)34(7,8)38-36/h9-20H,35H2,1-8H3. The fourth-order valence-electron chi connectivity index (χ4n) is 5.86. The highest BCUT2D eigenvalue weighted by atomic mass is 16.7. The van der Waals surface area contributed by atoms with Crippen molar-refractivity contribution in [2.75, 3.05) is 0 Å². The van der Waals surface area contributed by atoms with Crippen molar-refractivity contribution in [3.05, 3.63) is 95.1 Å². The third kappa shape index (κ3) is 4.77. The molecule has 4 aromatic rings. The Morgan fingerprint density at radius 3 is 1.21 bits per heavy atom. The lowest BCUT2D eigenvalue weighted by Crippen LogP contribution is -2.41. The van der Waals surface area contributed by atoms with E-state index in [1.807, 2.05) is 0 Å². The molecule has 2 nitrogen and oxygen atoms in total. The van der Waals surface area contributed by atoms with Crippen LogP contribution in [0.4, 0.5) is 0 Å². The highest BCUT2D eigenvalue weighted by Crippen LogP contribution is 2.37. The SMILES string of the molecule is Bc1cc(C)c(-c2ccc(-c3ccc(-c4c(C)cc(B5OC(C)(C)C(C)(C)O5)cc4C)cc3)cc2)c(C)c1. The molecule has 1 aliphatic heterocycles. The lowest BCUT2D eigenvalue weighted by Gasteiger charge is -2.32. The van der Waals surface area contributed by atoms with E-state index in [9.17, 15) is 0 Å². The Labute approximate surface area is 230 Å². The first kappa shape index (κ1) is 26.5. The van der Waals surface area contributed by atoms with E-state index in [0.29, 0.717) is 0 Å². The maximum atomic E-state index is 6.30. The normalized spacial score (nSPS) is 16.2. The number of benzene rings is 4. The Kier molecular flexibility index (Phi) is 6.70. The summed E-state index contributed by atoms with van der Waals surface area (Å²) in [5, 5.41) is 0. The van der Waals surface area contributed by atoms with E-state index in [0.717, 1.165) is 5.46 Å².